The van der Waals surface area contributed by atoms with Crippen molar-refractivity contribution in [2.24, 2.45) is 0 Å². The molecule has 0 aliphatic carbocycles. The van der Waals surface area contributed by atoms with Gasteiger partial charge in [-0.15, -0.1) is 0 Å². The second kappa shape index (κ2) is 4.37. The second-order valence-electron chi connectivity index (χ2n) is 4.07. The Hall–Kier alpha value is -0.550. The van der Waals surface area contributed by atoms with Crippen LogP contribution in [0, 0.1) is 6.92 Å². The van der Waals surface area contributed by atoms with Crippen molar-refractivity contribution >= 4 is 31.5 Å². The van der Waals surface area contributed by atoms with Crippen LogP contribution in [-0.2, 0) is 9.84 Å². The average Bonchev–Trinajstić information content (AvgIpc) is 2.22. The van der Waals surface area contributed by atoms with Crippen LogP contribution in [0.15, 0.2) is 22.7 Å². The number of hydrogen-bond donors (Lipinski definition) is 0. The Labute approximate surface area is 105 Å². The van der Waals surface area contributed by atoms with Gasteiger partial charge in [0.05, 0.1) is 11.5 Å². The summed E-state index contributed by atoms with van der Waals surface area (Å²) >= 11 is 3.49. The maximum atomic E-state index is 11.3. The molecule has 5 heteroatoms. The summed E-state index contributed by atoms with van der Waals surface area (Å²) in [5.74, 6) is 0.525. The summed E-state index contributed by atoms with van der Waals surface area (Å²) in [7, 11) is -2.80. The zero-order valence-electron chi connectivity index (χ0n) is 9.11. The summed E-state index contributed by atoms with van der Waals surface area (Å²) < 4.78 is 23.7. The summed E-state index contributed by atoms with van der Waals surface area (Å²) in [6.07, 6.45) is 0. The zero-order valence-corrected chi connectivity index (χ0v) is 11.5. The third-order valence-electron chi connectivity index (χ3n) is 2.86. The summed E-state index contributed by atoms with van der Waals surface area (Å²) in [5, 5.41) is 0. The van der Waals surface area contributed by atoms with Crippen LogP contribution in [0.4, 0.5) is 5.69 Å². The largest absolute Gasteiger partial charge is 0.369 e. The molecule has 1 aromatic carbocycles. The normalized spacial score (nSPS) is 19.8. The lowest BCUT2D eigenvalue weighted by molar-refractivity contribution is 0.587. The number of halogens is 1. The van der Waals surface area contributed by atoms with Crippen LogP contribution in [0.5, 0.6) is 0 Å². The van der Waals surface area contributed by atoms with Crippen molar-refractivity contribution < 1.29 is 8.42 Å². The Morgan fingerprint density at radius 1 is 1.25 bits per heavy atom. The van der Waals surface area contributed by atoms with E-state index in [4.69, 9.17) is 0 Å². The highest BCUT2D eigenvalue weighted by Crippen LogP contribution is 2.24. The fourth-order valence-electron chi connectivity index (χ4n) is 1.75. The van der Waals surface area contributed by atoms with E-state index < -0.39 is 9.84 Å². The summed E-state index contributed by atoms with van der Waals surface area (Å²) in [6.45, 7) is 3.23. The molecule has 2 rings (SSSR count). The third kappa shape index (κ3) is 2.58. The molecule has 3 nitrogen and oxygen atoms in total. The van der Waals surface area contributed by atoms with E-state index >= 15 is 0 Å². The molecule has 0 saturated carbocycles. The SMILES string of the molecule is Cc1ccc(N2CCS(=O)(=O)CC2)cc1Br. The number of nitrogens with zero attached hydrogens (tertiary/aromatic N) is 1. The van der Waals surface area contributed by atoms with Crippen LogP contribution < -0.4 is 4.90 Å². The van der Waals surface area contributed by atoms with Crippen molar-refractivity contribution in [3.8, 4) is 0 Å². The van der Waals surface area contributed by atoms with Gasteiger partial charge in [-0.25, -0.2) is 8.42 Å². The minimum Gasteiger partial charge on any atom is -0.369 e. The molecule has 1 heterocycles. The quantitative estimate of drug-likeness (QED) is 0.796. The number of sulfone groups is 1. The van der Waals surface area contributed by atoms with Crippen LogP contribution in [0.25, 0.3) is 0 Å². The Morgan fingerprint density at radius 3 is 2.44 bits per heavy atom. The van der Waals surface area contributed by atoms with Gasteiger partial charge in [0.1, 0.15) is 0 Å². The van der Waals surface area contributed by atoms with Crippen LogP contribution in [0.1, 0.15) is 5.56 Å². The van der Waals surface area contributed by atoms with Gasteiger partial charge in [0, 0.05) is 23.2 Å². The zero-order chi connectivity index (χ0) is 11.8. The molecule has 0 spiro atoms. The minimum absolute atomic E-state index is 0.262. The maximum absolute atomic E-state index is 11.3. The monoisotopic (exact) mass is 303 g/mol. The van der Waals surface area contributed by atoms with E-state index in [0.717, 1.165) is 10.2 Å². The fourth-order valence-corrected chi connectivity index (χ4v) is 3.32. The summed E-state index contributed by atoms with van der Waals surface area (Å²) in [4.78, 5) is 2.12. The first-order valence-electron chi connectivity index (χ1n) is 5.19. The summed E-state index contributed by atoms with van der Waals surface area (Å²) in [6, 6.07) is 6.13. The number of aryl methyl sites for hydroxylation is 1. The lowest BCUT2D eigenvalue weighted by Crippen LogP contribution is -2.40. The number of rotatable bonds is 1. The summed E-state index contributed by atoms with van der Waals surface area (Å²) in [5.41, 5.74) is 2.28. The molecule has 0 N–H and O–H groups in total. The van der Waals surface area contributed by atoms with Crippen LogP contribution in [0.3, 0.4) is 0 Å². The van der Waals surface area contributed by atoms with Gasteiger partial charge in [0.15, 0.2) is 9.84 Å². The first-order valence-corrected chi connectivity index (χ1v) is 7.81. The van der Waals surface area contributed by atoms with Crippen LogP contribution >= 0.6 is 15.9 Å². The second-order valence-corrected chi connectivity index (χ2v) is 7.23. The van der Waals surface area contributed by atoms with Gasteiger partial charge in [-0.3, -0.25) is 0 Å². The molecule has 1 aromatic rings. The molecule has 0 unspecified atom stereocenters. The number of anilines is 1. The number of benzene rings is 1. The topological polar surface area (TPSA) is 37.4 Å². The predicted octanol–water partition coefficient (Wildman–Crippen LogP) is 1.99. The van der Waals surface area contributed by atoms with Crippen molar-refractivity contribution in [2.75, 3.05) is 29.5 Å². The van der Waals surface area contributed by atoms with Crippen LogP contribution in [0.2, 0.25) is 0 Å². The van der Waals surface area contributed by atoms with Crippen molar-refractivity contribution in [3.05, 3.63) is 28.2 Å². The Balaban J connectivity index is 2.17. The molecule has 0 radical (unpaired) electrons. The Bertz CT molecular complexity index is 485. The van der Waals surface area contributed by atoms with E-state index in [-0.39, 0.29) is 11.5 Å². The van der Waals surface area contributed by atoms with E-state index in [1.165, 1.54) is 5.56 Å². The van der Waals surface area contributed by atoms with Gasteiger partial charge in [0.25, 0.3) is 0 Å². The molecule has 1 aliphatic heterocycles. The molecule has 1 aliphatic rings. The van der Waals surface area contributed by atoms with Gasteiger partial charge in [-0.2, -0.15) is 0 Å². The highest BCUT2D eigenvalue weighted by atomic mass is 79.9. The molecule has 0 amide bonds. The van der Waals surface area contributed by atoms with E-state index in [0.29, 0.717) is 13.1 Å². The number of hydrogen-bond acceptors (Lipinski definition) is 3. The fraction of sp³-hybridized carbons (Fsp3) is 0.455. The molecule has 0 atom stereocenters. The van der Waals surface area contributed by atoms with E-state index in [1.54, 1.807) is 0 Å². The smallest absolute Gasteiger partial charge is 0.153 e. The Morgan fingerprint density at radius 2 is 1.88 bits per heavy atom. The molecule has 16 heavy (non-hydrogen) atoms. The van der Waals surface area contributed by atoms with Crippen molar-refractivity contribution in [1.29, 1.82) is 0 Å². The Kier molecular flexibility index (Phi) is 3.26. The molecule has 1 fully saturated rings. The average molecular weight is 304 g/mol. The lowest BCUT2D eigenvalue weighted by atomic mass is 10.2. The van der Waals surface area contributed by atoms with Crippen molar-refractivity contribution in [1.82, 2.24) is 0 Å². The van der Waals surface area contributed by atoms with Gasteiger partial charge in [0.2, 0.25) is 0 Å². The van der Waals surface area contributed by atoms with Gasteiger partial charge in [-0.1, -0.05) is 22.0 Å². The standard InChI is InChI=1S/C11H14BrNO2S/c1-9-2-3-10(8-11(9)12)13-4-6-16(14,15)7-5-13/h2-3,8H,4-7H2,1H3. The molecule has 0 aromatic heterocycles. The highest BCUT2D eigenvalue weighted by Gasteiger charge is 2.21. The lowest BCUT2D eigenvalue weighted by Gasteiger charge is -2.29. The first kappa shape index (κ1) is 11.9. The van der Waals surface area contributed by atoms with E-state index in [9.17, 15) is 8.42 Å². The van der Waals surface area contributed by atoms with Gasteiger partial charge >= 0.3 is 0 Å². The van der Waals surface area contributed by atoms with Crippen LogP contribution in [-0.4, -0.2) is 33.0 Å². The predicted molar refractivity (Wildman–Crippen MR) is 69.7 cm³/mol. The molecule has 1 saturated heterocycles. The van der Waals surface area contributed by atoms with Crippen molar-refractivity contribution in [3.63, 3.8) is 0 Å². The van der Waals surface area contributed by atoms with E-state index in [1.807, 2.05) is 25.1 Å². The maximum Gasteiger partial charge on any atom is 0.153 e. The minimum atomic E-state index is -2.80. The first-order chi connectivity index (χ1) is 7.48. The molecular weight excluding hydrogens is 290 g/mol. The van der Waals surface area contributed by atoms with Crippen molar-refractivity contribution in [2.45, 2.75) is 6.92 Å². The van der Waals surface area contributed by atoms with Gasteiger partial charge in [-0.05, 0) is 24.6 Å². The van der Waals surface area contributed by atoms with E-state index in [2.05, 4.69) is 20.8 Å². The molecule has 0 bridgehead atoms. The van der Waals surface area contributed by atoms with Gasteiger partial charge < -0.3 is 4.90 Å². The molecule has 88 valence electrons. The third-order valence-corrected chi connectivity index (χ3v) is 5.33. The highest BCUT2D eigenvalue weighted by molar-refractivity contribution is 9.10. The molecular formula is C11H14BrNO2S.